The van der Waals surface area contributed by atoms with Crippen LogP contribution in [0.25, 0.3) is 0 Å². The summed E-state index contributed by atoms with van der Waals surface area (Å²) in [5, 5.41) is 0. The van der Waals surface area contributed by atoms with E-state index in [1.54, 1.807) is 0 Å². The lowest BCUT2D eigenvalue weighted by Gasteiger charge is -2.21. The van der Waals surface area contributed by atoms with Crippen molar-refractivity contribution < 1.29 is 9.53 Å². The zero-order valence-corrected chi connectivity index (χ0v) is 10.8. The molecule has 16 heavy (non-hydrogen) atoms. The van der Waals surface area contributed by atoms with Crippen LogP contribution in [-0.2, 0) is 9.53 Å². The first-order chi connectivity index (χ1) is 7.68. The molecule has 0 atom stereocenters. The molecule has 0 spiro atoms. The summed E-state index contributed by atoms with van der Waals surface area (Å²) in [5.74, 6) is 1.60. The van der Waals surface area contributed by atoms with Crippen LogP contribution in [0.5, 0.6) is 0 Å². The summed E-state index contributed by atoms with van der Waals surface area (Å²) in [6.07, 6.45) is 8.32. The molecule has 0 N–H and O–H groups in total. The van der Waals surface area contributed by atoms with Crippen molar-refractivity contribution in [2.45, 2.75) is 58.8 Å². The largest absolute Gasteiger partial charge is 0.373 e. The third kappa shape index (κ3) is 6.26. The molecule has 1 aliphatic rings. The van der Waals surface area contributed by atoms with E-state index in [1.807, 2.05) is 0 Å². The summed E-state index contributed by atoms with van der Waals surface area (Å²) in [5.41, 5.74) is 0. The van der Waals surface area contributed by atoms with Crippen molar-refractivity contribution >= 4 is 5.78 Å². The lowest BCUT2D eigenvalue weighted by atomic mass is 9.90. The molecule has 0 heterocycles. The van der Waals surface area contributed by atoms with Crippen LogP contribution >= 0.6 is 0 Å². The van der Waals surface area contributed by atoms with Gasteiger partial charge in [-0.05, 0) is 31.1 Å². The Balaban J connectivity index is 1.99. The van der Waals surface area contributed by atoms with Crippen molar-refractivity contribution in [2.75, 3.05) is 13.2 Å². The van der Waals surface area contributed by atoms with Crippen LogP contribution in [0.4, 0.5) is 0 Å². The second-order valence-corrected chi connectivity index (χ2v) is 5.49. The quantitative estimate of drug-likeness (QED) is 0.663. The second kappa shape index (κ2) is 7.83. The van der Waals surface area contributed by atoms with E-state index in [9.17, 15) is 4.79 Å². The highest BCUT2D eigenvalue weighted by molar-refractivity contribution is 5.79. The molecule has 2 nitrogen and oxygen atoms in total. The fourth-order valence-corrected chi connectivity index (χ4v) is 2.22. The van der Waals surface area contributed by atoms with Crippen molar-refractivity contribution in [3.05, 3.63) is 0 Å². The third-order valence-electron chi connectivity index (χ3n) is 3.34. The Labute approximate surface area is 99.8 Å². The van der Waals surface area contributed by atoms with Crippen molar-refractivity contribution in [3.8, 4) is 0 Å². The number of rotatable bonds is 7. The van der Waals surface area contributed by atoms with E-state index in [1.165, 1.54) is 32.1 Å². The Hall–Kier alpha value is -0.370. The van der Waals surface area contributed by atoms with Crippen LogP contribution < -0.4 is 0 Å². The predicted octanol–water partition coefficient (Wildman–Crippen LogP) is 3.59. The molecule has 1 saturated carbocycles. The molecule has 0 aliphatic heterocycles. The molecule has 0 aromatic heterocycles. The summed E-state index contributed by atoms with van der Waals surface area (Å²) in [4.78, 5) is 11.5. The minimum absolute atomic E-state index is 0.268. The molecule has 0 amide bonds. The van der Waals surface area contributed by atoms with Gasteiger partial charge in [-0.3, -0.25) is 4.79 Å². The van der Waals surface area contributed by atoms with Gasteiger partial charge in [0.1, 0.15) is 6.61 Å². The van der Waals surface area contributed by atoms with Gasteiger partial charge in [0.2, 0.25) is 0 Å². The number of ether oxygens (including phenoxy) is 1. The van der Waals surface area contributed by atoms with Crippen LogP contribution in [0.1, 0.15) is 58.8 Å². The fraction of sp³-hybridized carbons (Fsp3) is 0.929. The van der Waals surface area contributed by atoms with Crippen LogP contribution in [-0.4, -0.2) is 19.0 Å². The van der Waals surface area contributed by atoms with Gasteiger partial charge in [-0.1, -0.05) is 33.1 Å². The van der Waals surface area contributed by atoms with Crippen molar-refractivity contribution in [2.24, 2.45) is 11.8 Å². The smallest absolute Gasteiger partial charge is 0.158 e. The van der Waals surface area contributed by atoms with Crippen LogP contribution in [0.3, 0.4) is 0 Å². The van der Waals surface area contributed by atoms with Crippen LogP contribution in [0, 0.1) is 11.8 Å². The van der Waals surface area contributed by atoms with Crippen LogP contribution in [0.15, 0.2) is 0 Å². The summed E-state index contributed by atoms with van der Waals surface area (Å²) in [6.45, 7) is 5.43. The van der Waals surface area contributed by atoms with Gasteiger partial charge in [-0.25, -0.2) is 0 Å². The highest BCUT2D eigenvalue weighted by atomic mass is 16.5. The fourth-order valence-electron chi connectivity index (χ4n) is 2.22. The number of hydrogen-bond donors (Lipinski definition) is 0. The average Bonchev–Trinajstić information content (AvgIpc) is 2.28. The van der Waals surface area contributed by atoms with Gasteiger partial charge in [0.25, 0.3) is 0 Å². The van der Waals surface area contributed by atoms with Gasteiger partial charge in [0, 0.05) is 13.0 Å². The number of ketones is 1. The Morgan fingerprint density at radius 3 is 2.56 bits per heavy atom. The lowest BCUT2D eigenvalue weighted by Crippen LogP contribution is -2.17. The highest BCUT2D eigenvalue weighted by Gasteiger charge is 2.14. The Morgan fingerprint density at radius 2 is 1.94 bits per heavy atom. The normalized spacial score (nSPS) is 17.9. The van der Waals surface area contributed by atoms with Crippen molar-refractivity contribution in [1.29, 1.82) is 0 Å². The monoisotopic (exact) mass is 226 g/mol. The predicted molar refractivity (Wildman–Crippen MR) is 66.5 cm³/mol. The van der Waals surface area contributed by atoms with E-state index in [2.05, 4.69) is 13.8 Å². The molecular weight excluding hydrogens is 200 g/mol. The van der Waals surface area contributed by atoms with Gasteiger partial charge in [-0.2, -0.15) is 0 Å². The first-order valence-corrected chi connectivity index (χ1v) is 6.78. The van der Waals surface area contributed by atoms with E-state index in [-0.39, 0.29) is 5.78 Å². The first-order valence-electron chi connectivity index (χ1n) is 6.78. The standard InChI is InChI=1S/C14H26O2/c1-12(2)8-9-14(15)11-16-10-13-6-4-3-5-7-13/h12-13H,3-11H2,1-2H3. The number of Topliss-reactive ketones (excluding diaryl/α,β-unsaturated/α-hetero) is 1. The molecule has 1 aliphatic carbocycles. The highest BCUT2D eigenvalue weighted by Crippen LogP contribution is 2.23. The molecule has 0 radical (unpaired) electrons. The second-order valence-electron chi connectivity index (χ2n) is 5.49. The van der Waals surface area contributed by atoms with E-state index < -0.39 is 0 Å². The molecule has 2 heteroatoms. The van der Waals surface area contributed by atoms with Gasteiger partial charge < -0.3 is 4.74 Å². The summed E-state index contributed by atoms with van der Waals surface area (Å²) in [7, 11) is 0. The first kappa shape index (κ1) is 13.7. The number of hydrogen-bond acceptors (Lipinski definition) is 2. The van der Waals surface area contributed by atoms with Crippen LogP contribution in [0.2, 0.25) is 0 Å². The van der Waals surface area contributed by atoms with Gasteiger partial charge in [-0.15, -0.1) is 0 Å². The Kier molecular flexibility index (Phi) is 6.70. The molecular formula is C14H26O2. The molecule has 0 aromatic rings. The maximum Gasteiger partial charge on any atom is 0.158 e. The Morgan fingerprint density at radius 1 is 1.25 bits per heavy atom. The summed E-state index contributed by atoms with van der Waals surface area (Å²) < 4.78 is 5.52. The molecule has 1 fully saturated rings. The van der Waals surface area contributed by atoms with E-state index in [4.69, 9.17) is 4.74 Å². The van der Waals surface area contributed by atoms with Gasteiger partial charge in [0.05, 0.1) is 0 Å². The van der Waals surface area contributed by atoms with Crippen molar-refractivity contribution in [3.63, 3.8) is 0 Å². The zero-order valence-electron chi connectivity index (χ0n) is 10.8. The zero-order chi connectivity index (χ0) is 11.8. The summed E-state index contributed by atoms with van der Waals surface area (Å²) in [6, 6.07) is 0. The summed E-state index contributed by atoms with van der Waals surface area (Å²) >= 11 is 0. The van der Waals surface area contributed by atoms with Gasteiger partial charge >= 0.3 is 0 Å². The van der Waals surface area contributed by atoms with E-state index in [0.29, 0.717) is 24.9 Å². The maximum atomic E-state index is 11.5. The number of carbonyl (C=O) groups is 1. The maximum absolute atomic E-state index is 11.5. The molecule has 94 valence electrons. The SMILES string of the molecule is CC(C)CCC(=O)COCC1CCCCC1. The molecule has 0 bridgehead atoms. The van der Waals surface area contributed by atoms with E-state index in [0.717, 1.165) is 13.0 Å². The molecule has 0 aromatic carbocycles. The molecule has 0 saturated heterocycles. The average molecular weight is 226 g/mol. The Bertz CT molecular complexity index is 193. The third-order valence-corrected chi connectivity index (χ3v) is 3.34. The molecule has 1 rings (SSSR count). The van der Waals surface area contributed by atoms with Crippen molar-refractivity contribution in [1.82, 2.24) is 0 Å². The van der Waals surface area contributed by atoms with E-state index >= 15 is 0 Å². The van der Waals surface area contributed by atoms with Gasteiger partial charge in [0.15, 0.2) is 5.78 Å². The lowest BCUT2D eigenvalue weighted by molar-refractivity contribution is -0.124. The number of carbonyl (C=O) groups excluding carboxylic acids is 1. The minimum Gasteiger partial charge on any atom is -0.373 e. The molecule has 0 unspecified atom stereocenters. The topological polar surface area (TPSA) is 26.3 Å². The minimum atomic E-state index is 0.268.